The number of rotatable bonds is 8. The van der Waals surface area contributed by atoms with Crippen LogP contribution in [0.4, 0.5) is 0 Å². The van der Waals surface area contributed by atoms with E-state index in [4.69, 9.17) is 18.9 Å². The third-order valence-corrected chi connectivity index (χ3v) is 6.28. The molecule has 190 valence electrons. The maximum absolute atomic E-state index is 12.9. The average Bonchev–Trinajstić information content (AvgIpc) is 3.32. The number of hydrogen-bond donors (Lipinski definition) is 1. The second-order valence-corrected chi connectivity index (χ2v) is 8.74. The van der Waals surface area contributed by atoms with Crippen molar-refractivity contribution in [2.45, 2.75) is 47.3 Å². The van der Waals surface area contributed by atoms with Gasteiger partial charge in [-0.25, -0.2) is 9.59 Å². The van der Waals surface area contributed by atoms with Crippen molar-refractivity contribution < 1.29 is 33.3 Å². The number of esters is 2. The van der Waals surface area contributed by atoms with Crippen LogP contribution in [0.1, 0.15) is 60.8 Å². The van der Waals surface area contributed by atoms with E-state index in [1.54, 1.807) is 26.8 Å². The van der Waals surface area contributed by atoms with Gasteiger partial charge in [-0.2, -0.15) is 0 Å². The number of carbonyl (C=O) groups is 3. The van der Waals surface area contributed by atoms with Crippen LogP contribution in [0.3, 0.4) is 0 Å². The van der Waals surface area contributed by atoms with Gasteiger partial charge in [-0.3, -0.25) is 4.79 Å². The van der Waals surface area contributed by atoms with Crippen LogP contribution in [0.15, 0.2) is 30.3 Å². The maximum atomic E-state index is 12.9. The number of benzene rings is 1. The van der Waals surface area contributed by atoms with Crippen molar-refractivity contribution in [3.05, 3.63) is 69.8 Å². The number of nitrogens with zero attached hydrogens (tertiary/aromatic N) is 1. The number of fused-ring (bicyclic) bond motifs is 1. The molecule has 36 heavy (non-hydrogen) atoms. The first-order chi connectivity index (χ1) is 17.2. The third kappa shape index (κ3) is 4.86. The number of nitrogens with one attached hydrogen (secondary N) is 1. The molecule has 1 aliphatic rings. The number of ketones is 1. The molecular formula is C27H30N2O7. The van der Waals surface area contributed by atoms with Gasteiger partial charge in [0.25, 0.3) is 0 Å². The highest BCUT2D eigenvalue weighted by Crippen LogP contribution is 2.31. The molecule has 1 atom stereocenters. The number of para-hydroxylation sites is 2. The monoisotopic (exact) mass is 494 g/mol. The average molecular weight is 495 g/mol. The van der Waals surface area contributed by atoms with Gasteiger partial charge in [0.2, 0.25) is 5.78 Å². The molecule has 0 bridgehead atoms. The van der Waals surface area contributed by atoms with Crippen LogP contribution in [-0.2, 0) is 16.0 Å². The first-order valence-electron chi connectivity index (χ1n) is 11.8. The summed E-state index contributed by atoms with van der Waals surface area (Å²) in [5.74, 6) is -0.128. The highest BCUT2D eigenvalue weighted by atomic mass is 16.6. The summed E-state index contributed by atoms with van der Waals surface area (Å²) in [6.45, 7) is 9.50. The molecule has 9 heteroatoms. The Balaban J connectivity index is 1.42. The van der Waals surface area contributed by atoms with Crippen molar-refractivity contribution in [3.63, 3.8) is 0 Å². The van der Waals surface area contributed by atoms with Crippen molar-refractivity contribution in [2.24, 2.45) is 0 Å². The van der Waals surface area contributed by atoms with Crippen molar-refractivity contribution in [2.75, 3.05) is 19.8 Å². The summed E-state index contributed by atoms with van der Waals surface area (Å²) in [6.07, 6.45) is -0.210. The largest absolute Gasteiger partial charge is 0.486 e. The minimum Gasteiger partial charge on any atom is -0.486 e. The van der Waals surface area contributed by atoms with E-state index in [1.807, 2.05) is 42.7 Å². The molecule has 4 rings (SSSR count). The fourth-order valence-electron chi connectivity index (χ4n) is 4.47. The Morgan fingerprint density at radius 2 is 1.78 bits per heavy atom. The number of Topliss-reactive ketones (excluding diaryl/α,β-unsaturated/α-hetero) is 1. The molecule has 0 radical (unpaired) electrons. The zero-order valence-corrected chi connectivity index (χ0v) is 21.1. The summed E-state index contributed by atoms with van der Waals surface area (Å²) < 4.78 is 24.2. The molecule has 0 unspecified atom stereocenters. The Bertz CT molecular complexity index is 1320. The SMILES string of the molecule is CCOC(=O)c1c(C)[nH]c(C(=O)OCC(=O)c2cc(C)n(C[C@H]3COc4ccccc4O3)c2C)c1C. The summed E-state index contributed by atoms with van der Waals surface area (Å²) in [6, 6.07) is 9.30. The summed E-state index contributed by atoms with van der Waals surface area (Å²) in [5.41, 5.74) is 3.48. The van der Waals surface area contributed by atoms with Crippen LogP contribution in [0.5, 0.6) is 11.5 Å². The Morgan fingerprint density at radius 1 is 1.06 bits per heavy atom. The number of H-pyrrole nitrogens is 1. The molecule has 1 aliphatic heterocycles. The van der Waals surface area contributed by atoms with Gasteiger partial charge >= 0.3 is 11.9 Å². The van der Waals surface area contributed by atoms with Crippen molar-refractivity contribution in [3.8, 4) is 11.5 Å². The minimum absolute atomic E-state index is 0.128. The summed E-state index contributed by atoms with van der Waals surface area (Å²) in [4.78, 5) is 40.7. The molecule has 0 aliphatic carbocycles. The lowest BCUT2D eigenvalue weighted by Crippen LogP contribution is -2.33. The first kappa shape index (κ1) is 25.1. The molecule has 3 aromatic rings. The molecule has 2 aromatic heterocycles. The van der Waals surface area contributed by atoms with E-state index in [-0.39, 0.29) is 24.2 Å². The van der Waals surface area contributed by atoms with Crippen LogP contribution in [0.25, 0.3) is 0 Å². The number of aryl methyl sites for hydroxylation is 2. The smallest absolute Gasteiger partial charge is 0.355 e. The van der Waals surface area contributed by atoms with E-state index < -0.39 is 18.5 Å². The van der Waals surface area contributed by atoms with Gasteiger partial charge in [-0.05, 0) is 58.4 Å². The number of carbonyl (C=O) groups excluding carboxylic acids is 3. The highest BCUT2D eigenvalue weighted by molar-refractivity contribution is 6.02. The van der Waals surface area contributed by atoms with Gasteiger partial charge < -0.3 is 28.5 Å². The molecule has 1 aromatic carbocycles. The quantitative estimate of drug-likeness (QED) is 0.371. The zero-order valence-electron chi connectivity index (χ0n) is 21.1. The molecule has 0 amide bonds. The van der Waals surface area contributed by atoms with Crippen LogP contribution >= 0.6 is 0 Å². The zero-order chi connectivity index (χ0) is 26.0. The minimum atomic E-state index is -0.709. The Hall–Kier alpha value is -4.01. The first-order valence-corrected chi connectivity index (χ1v) is 11.8. The molecule has 3 heterocycles. The Labute approximate surface area is 209 Å². The van der Waals surface area contributed by atoms with E-state index in [1.165, 1.54) is 0 Å². The Morgan fingerprint density at radius 3 is 2.50 bits per heavy atom. The number of aromatic nitrogens is 2. The number of aromatic amines is 1. The van der Waals surface area contributed by atoms with Crippen molar-refractivity contribution >= 4 is 17.7 Å². The van der Waals surface area contributed by atoms with Crippen LogP contribution in [-0.4, -0.2) is 53.2 Å². The van der Waals surface area contributed by atoms with Gasteiger partial charge in [0.05, 0.1) is 18.7 Å². The number of hydrogen-bond acceptors (Lipinski definition) is 7. The summed E-state index contributed by atoms with van der Waals surface area (Å²) in [5, 5.41) is 0. The second-order valence-electron chi connectivity index (χ2n) is 8.74. The lowest BCUT2D eigenvalue weighted by Gasteiger charge is -2.27. The van der Waals surface area contributed by atoms with Crippen molar-refractivity contribution in [1.29, 1.82) is 0 Å². The molecule has 9 nitrogen and oxygen atoms in total. The molecule has 0 saturated carbocycles. The normalized spacial score (nSPS) is 14.4. The van der Waals surface area contributed by atoms with E-state index >= 15 is 0 Å². The molecule has 0 saturated heterocycles. The topological polar surface area (TPSA) is 109 Å². The predicted molar refractivity (Wildman–Crippen MR) is 131 cm³/mol. The van der Waals surface area contributed by atoms with Gasteiger partial charge in [-0.15, -0.1) is 0 Å². The van der Waals surface area contributed by atoms with Gasteiger partial charge in [-0.1, -0.05) is 12.1 Å². The van der Waals surface area contributed by atoms with Gasteiger partial charge in [0.1, 0.15) is 12.3 Å². The van der Waals surface area contributed by atoms with Crippen LogP contribution < -0.4 is 9.47 Å². The molecule has 0 fully saturated rings. The summed E-state index contributed by atoms with van der Waals surface area (Å²) in [7, 11) is 0. The fourth-order valence-corrected chi connectivity index (χ4v) is 4.47. The standard InChI is InChI=1S/C27H30N2O7/c1-6-33-26(31)24-16(3)25(28-17(24)4)27(32)35-14-21(30)20-11-15(2)29(18(20)5)12-19-13-34-22-9-7-8-10-23(22)36-19/h7-11,19,28H,6,12-14H2,1-5H3/t19-/m0/s1. The van der Waals surface area contributed by atoms with Crippen LogP contribution in [0, 0.1) is 27.7 Å². The van der Waals surface area contributed by atoms with Gasteiger partial charge in [0.15, 0.2) is 24.2 Å². The molecule has 0 spiro atoms. The van der Waals surface area contributed by atoms with E-state index in [0.717, 1.165) is 11.4 Å². The van der Waals surface area contributed by atoms with E-state index in [2.05, 4.69) is 4.98 Å². The van der Waals surface area contributed by atoms with Crippen LogP contribution in [0.2, 0.25) is 0 Å². The van der Waals surface area contributed by atoms with E-state index in [0.29, 0.717) is 47.0 Å². The number of ether oxygens (including phenoxy) is 4. The Kier molecular flexibility index (Phi) is 7.19. The predicted octanol–water partition coefficient (Wildman–Crippen LogP) is 4.11. The molecule has 1 N–H and O–H groups in total. The third-order valence-electron chi connectivity index (χ3n) is 6.28. The lowest BCUT2D eigenvalue weighted by atomic mass is 10.1. The van der Waals surface area contributed by atoms with Crippen molar-refractivity contribution in [1.82, 2.24) is 9.55 Å². The highest BCUT2D eigenvalue weighted by Gasteiger charge is 2.26. The molecular weight excluding hydrogens is 464 g/mol. The fraction of sp³-hybridized carbons (Fsp3) is 0.370. The summed E-state index contributed by atoms with van der Waals surface area (Å²) >= 11 is 0. The van der Waals surface area contributed by atoms with E-state index in [9.17, 15) is 14.4 Å². The lowest BCUT2D eigenvalue weighted by molar-refractivity contribution is 0.0468. The van der Waals surface area contributed by atoms with Gasteiger partial charge in [0, 0.05) is 22.6 Å². The maximum Gasteiger partial charge on any atom is 0.355 e. The second kappa shape index (κ2) is 10.3.